The molecule has 0 saturated heterocycles. The van der Waals surface area contributed by atoms with Crippen LogP contribution in [0.1, 0.15) is 30.9 Å². The molecular weight excluding hydrogens is 271 g/mol. The zero-order chi connectivity index (χ0) is 15.4. The summed E-state index contributed by atoms with van der Waals surface area (Å²) in [5.41, 5.74) is 5.72. The average Bonchev–Trinajstić information content (AvgIpc) is 2.57. The first kappa shape index (κ1) is 14.5. The van der Waals surface area contributed by atoms with E-state index in [0.717, 1.165) is 28.7 Å². The van der Waals surface area contributed by atoms with E-state index in [2.05, 4.69) is 31.2 Å². The third-order valence-electron chi connectivity index (χ3n) is 4.01. The Morgan fingerprint density at radius 1 is 0.864 bits per heavy atom. The molecule has 0 saturated carbocycles. The van der Waals surface area contributed by atoms with Crippen LogP contribution in [0, 0.1) is 0 Å². The Hall–Kier alpha value is -2.41. The molecule has 0 spiro atoms. The van der Waals surface area contributed by atoms with E-state index in [9.17, 15) is 4.39 Å². The smallest absolute Gasteiger partial charge is 0.104 e. The normalized spacial score (nSPS) is 14.4. The molecule has 0 fully saturated rings. The van der Waals surface area contributed by atoms with Gasteiger partial charge in [0, 0.05) is 6.42 Å². The highest BCUT2D eigenvalue weighted by Crippen LogP contribution is 2.37. The quantitative estimate of drug-likeness (QED) is 0.642. The second-order valence-electron chi connectivity index (χ2n) is 5.42. The van der Waals surface area contributed by atoms with Gasteiger partial charge in [-0.3, -0.25) is 0 Å². The van der Waals surface area contributed by atoms with Crippen molar-refractivity contribution in [2.24, 2.45) is 0 Å². The molecule has 0 aliphatic heterocycles. The SMILES string of the molecule is CCC1=CC=C(F)CC1=C(c1ccccc1)c1ccccc1. The number of halogens is 1. The van der Waals surface area contributed by atoms with Crippen molar-refractivity contribution in [3.8, 4) is 0 Å². The van der Waals surface area contributed by atoms with Gasteiger partial charge in [0.05, 0.1) is 0 Å². The van der Waals surface area contributed by atoms with Crippen molar-refractivity contribution >= 4 is 5.57 Å². The standard InChI is InChI=1S/C21H19F/c1-2-16-13-14-19(22)15-20(16)21(17-9-5-3-6-10-17)18-11-7-4-8-12-18/h3-14H,2,15H2,1H3. The molecule has 2 aromatic carbocycles. The predicted molar refractivity (Wildman–Crippen MR) is 91.1 cm³/mol. The fraction of sp³-hybridized carbons (Fsp3) is 0.143. The van der Waals surface area contributed by atoms with E-state index in [0.29, 0.717) is 6.42 Å². The van der Waals surface area contributed by atoms with Crippen molar-refractivity contribution in [2.75, 3.05) is 0 Å². The molecule has 0 heterocycles. The largest absolute Gasteiger partial charge is 0.211 e. The summed E-state index contributed by atoms with van der Waals surface area (Å²) in [6, 6.07) is 20.5. The second kappa shape index (κ2) is 6.57. The monoisotopic (exact) mass is 290 g/mol. The van der Waals surface area contributed by atoms with Crippen LogP contribution in [-0.2, 0) is 0 Å². The average molecular weight is 290 g/mol. The fourth-order valence-electron chi connectivity index (χ4n) is 2.94. The molecule has 0 nitrogen and oxygen atoms in total. The molecule has 0 unspecified atom stereocenters. The molecule has 2 aromatic rings. The maximum Gasteiger partial charge on any atom is 0.104 e. The van der Waals surface area contributed by atoms with Gasteiger partial charge in [0.1, 0.15) is 5.83 Å². The summed E-state index contributed by atoms with van der Waals surface area (Å²) in [6.45, 7) is 2.12. The minimum absolute atomic E-state index is 0.0726. The van der Waals surface area contributed by atoms with Gasteiger partial charge in [0.15, 0.2) is 0 Å². The van der Waals surface area contributed by atoms with E-state index in [-0.39, 0.29) is 5.83 Å². The van der Waals surface area contributed by atoms with E-state index >= 15 is 0 Å². The molecule has 1 aliphatic carbocycles. The van der Waals surface area contributed by atoms with Crippen molar-refractivity contribution in [3.63, 3.8) is 0 Å². The Morgan fingerprint density at radius 3 is 1.91 bits per heavy atom. The Morgan fingerprint density at radius 2 is 1.41 bits per heavy atom. The highest BCUT2D eigenvalue weighted by Gasteiger charge is 2.18. The summed E-state index contributed by atoms with van der Waals surface area (Å²) in [5, 5.41) is 0. The van der Waals surface area contributed by atoms with Gasteiger partial charge in [-0.2, -0.15) is 0 Å². The van der Waals surface area contributed by atoms with E-state index in [1.807, 2.05) is 42.5 Å². The zero-order valence-electron chi connectivity index (χ0n) is 12.7. The van der Waals surface area contributed by atoms with Gasteiger partial charge in [-0.1, -0.05) is 73.7 Å². The van der Waals surface area contributed by atoms with Crippen molar-refractivity contribution in [2.45, 2.75) is 19.8 Å². The van der Waals surface area contributed by atoms with Crippen LogP contribution in [0.15, 0.2) is 89.8 Å². The summed E-state index contributed by atoms with van der Waals surface area (Å²) in [6.07, 6.45) is 4.79. The molecule has 0 aromatic heterocycles. The molecule has 110 valence electrons. The van der Waals surface area contributed by atoms with E-state index < -0.39 is 0 Å². The lowest BCUT2D eigenvalue weighted by molar-refractivity contribution is 0.608. The lowest BCUT2D eigenvalue weighted by atomic mass is 9.85. The summed E-state index contributed by atoms with van der Waals surface area (Å²) in [4.78, 5) is 0. The minimum Gasteiger partial charge on any atom is -0.211 e. The number of rotatable bonds is 3. The van der Waals surface area contributed by atoms with Crippen molar-refractivity contribution in [3.05, 3.63) is 101 Å². The predicted octanol–water partition coefficient (Wildman–Crippen LogP) is 6.08. The van der Waals surface area contributed by atoms with Crippen molar-refractivity contribution in [1.29, 1.82) is 0 Å². The van der Waals surface area contributed by atoms with Crippen LogP contribution in [-0.4, -0.2) is 0 Å². The van der Waals surface area contributed by atoms with Crippen LogP contribution >= 0.6 is 0 Å². The van der Waals surface area contributed by atoms with E-state index in [1.165, 1.54) is 5.57 Å². The van der Waals surface area contributed by atoms with Crippen LogP contribution in [0.4, 0.5) is 4.39 Å². The minimum atomic E-state index is -0.0726. The zero-order valence-corrected chi connectivity index (χ0v) is 12.7. The maximum absolute atomic E-state index is 13.9. The maximum atomic E-state index is 13.9. The third-order valence-corrected chi connectivity index (χ3v) is 4.01. The molecule has 3 rings (SSSR count). The topological polar surface area (TPSA) is 0 Å². The third kappa shape index (κ3) is 2.94. The lowest BCUT2D eigenvalue weighted by Gasteiger charge is -2.20. The van der Waals surface area contributed by atoms with Gasteiger partial charge >= 0.3 is 0 Å². The Balaban J connectivity index is 2.24. The Bertz CT molecular complexity index is 692. The van der Waals surface area contributed by atoms with Crippen LogP contribution in [0.25, 0.3) is 5.57 Å². The fourth-order valence-corrected chi connectivity index (χ4v) is 2.94. The molecule has 0 amide bonds. The Kier molecular flexibility index (Phi) is 4.34. The highest BCUT2D eigenvalue weighted by molar-refractivity contribution is 5.85. The van der Waals surface area contributed by atoms with Crippen LogP contribution in [0.2, 0.25) is 0 Å². The van der Waals surface area contributed by atoms with Gasteiger partial charge in [-0.25, -0.2) is 4.39 Å². The van der Waals surface area contributed by atoms with Gasteiger partial charge in [-0.15, -0.1) is 0 Å². The van der Waals surface area contributed by atoms with Crippen molar-refractivity contribution in [1.82, 2.24) is 0 Å². The number of allylic oxidation sites excluding steroid dienone is 5. The summed E-state index contributed by atoms with van der Waals surface area (Å²) >= 11 is 0. The number of hydrogen-bond donors (Lipinski definition) is 0. The molecular formula is C21H19F. The molecule has 0 bridgehead atoms. The van der Waals surface area contributed by atoms with Crippen molar-refractivity contribution < 1.29 is 4.39 Å². The highest BCUT2D eigenvalue weighted by atomic mass is 19.1. The summed E-state index contributed by atoms with van der Waals surface area (Å²) < 4.78 is 13.9. The number of benzene rings is 2. The Labute approximate surface area is 131 Å². The molecule has 0 N–H and O–H groups in total. The molecule has 1 aliphatic rings. The molecule has 22 heavy (non-hydrogen) atoms. The van der Waals surface area contributed by atoms with Crippen LogP contribution in [0.5, 0.6) is 0 Å². The van der Waals surface area contributed by atoms with Gasteiger partial charge in [-0.05, 0) is 40.3 Å². The number of hydrogen-bond acceptors (Lipinski definition) is 0. The lowest BCUT2D eigenvalue weighted by Crippen LogP contribution is -2.01. The summed E-state index contributed by atoms with van der Waals surface area (Å²) in [7, 11) is 0. The second-order valence-corrected chi connectivity index (χ2v) is 5.42. The first-order chi connectivity index (χ1) is 10.8. The van der Waals surface area contributed by atoms with E-state index in [4.69, 9.17) is 0 Å². The molecule has 0 atom stereocenters. The van der Waals surface area contributed by atoms with Gasteiger partial charge < -0.3 is 0 Å². The van der Waals surface area contributed by atoms with Crippen LogP contribution in [0.3, 0.4) is 0 Å². The molecule has 1 heteroatoms. The van der Waals surface area contributed by atoms with E-state index in [1.54, 1.807) is 6.08 Å². The van der Waals surface area contributed by atoms with Gasteiger partial charge in [0.2, 0.25) is 0 Å². The first-order valence-electron chi connectivity index (χ1n) is 7.69. The van der Waals surface area contributed by atoms with Gasteiger partial charge in [0.25, 0.3) is 0 Å². The summed E-state index contributed by atoms with van der Waals surface area (Å²) in [5.74, 6) is -0.0726. The molecule has 0 radical (unpaired) electrons. The first-order valence-corrected chi connectivity index (χ1v) is 7.69. The van der Waals surface area contributed by atoms with Crippen LogP contribution < -0.4 is 0 Å².